The molecule has 0 saturated carbocycles. The van der Waals surface area contributed by atoms with Gasteiger partial charge in [0, 0.05) is 6.54 Å². The second kappa shape index (κ2) is 7.53. The van der Waals surface area contributed by atoms with Gasteiger partial charge in [0.05, 0.1) is 11.3 Å². The lowest BCUT2D eigenvalue weighted by molar-refractivity contribution is -0.119. The van der Waals surface area contributed by atoms with Crippen molar-refractivity contribution in [3.63, 3.8) is 0 Å². The first-order valence-corrected chi connectivity index (χ1v) is 8.85. The molecular weight excluding hydrogens is 328 g/mol. The third kappa shape index (κ3) is 3.31. The maximum Gasteiger partial charge on any atom is 0.317 e. The van der Waals surface area contributed by atoms with Crippen LogP contribution in [0.2, 0.25) is 0 Å². The molecule has 7 heteroatoms. The number of hydrogen-bond donors (Lipinski definition) is 0. The molecule has 6 nitrogen and oxygen atoms in total. The molecule has 2 aromatic rings. The molecule has 0 atom stereocenters. The van der Waals surface area contributed by atoms with Crippen LogP contribution in [-0.2, 0) is 20.8 Å². The summed E-state index contributed by atoms with van der Waals surface area (Å²) in [5.74, 6) is 0.529. The number of carbonyl (C=O) groups is 1. The third-order valence-electron chi connectivity index (χ3n) is 3.47. The van der Waals surface area contributed by atoms with Gasteiger partial charge in [0.1, 0.15) is 30.7 Å². The molecule has 1 aliphatic rings. The first-order valence-electron chi connectivity index (χ1n) is 8.03. The Balaban J connectivity index is 2.11. The van der Waals surface area contributed by atoms with Gasteiger partial charge in [0.2, 0.25) is 5.76 Å². The monoisotopic (exact) mass is 348 g/mol. The fourth-order valence-corrected chi connectivity index (χ4v) is 3.58. The van der Waals surface area contributed by atoms with Crippen molar-refractivity contribution in [1.82, 2.24) is 4.57 Å². The zero-order valence-electron chi connectivity index (χ0n) is 13.8. The minimum Gasteiger partial charge on any atom is -0.494 e. The SMILES string of the molecule is CCCn1c(=NC(=O)C2=COCCO2)sc2cccc(OCC)c21. The second-order valence-electron chi connectivity index (χ2n) is 5.19. The van der Waals surface area contributed by atoms with Crippen molar-refractivity contribution >= 4 is 27.5 Å². The Morgan fingerprint density at radius 3 is 2.96 bits per heavy atom. The number of ether oxygens (including phenoxy) is 3. The van der Waals surface area contributed by atoms with E-state index < -0.39 is 5.91 Å². The van der Waals surface area contributed by atoms with E-state index in [0.29, 0.717) is 24.6 Å². The minimum absolute atomic E-state index is 0.145. The van der Waals surface area contributed by atoms with Crippen LogP contribution in [-0.4, -0.2) is 30.3 Å². The van der Waals surface area contributed by atoms with Gasteiger partial charge < -0.3 is 18.8 Å². The molecule has 0 fully saturated rings. The fourth-order valence-electron chi connectivity index (χ4n) is 2.51. The highest BCUT2D eigenvalue weighted by Crippen LogP contribution is 2.27. The molecule has 0 saturated heterocycles. The zero-order valence-corrected chi connectivity index (χ0v) is 14.6. The lowest BCUT2D eigenvalue weighted by atomic mass is 10.3. The van der Waals surface area contributed by atoms with Crippen LogP contribution in [0.5, 0.6) is 5.75 Å². The molecule has 3 rings (SSSR count). The molecule has 24 heavy (non-hydrogen) atoms. The molecular formula is C17H20N2O4S. The summed E-state index contributed by atoms with van der Waals surface area (Å²) in [7, 11) is 0. The normalized spacial score (nSPS) is 14.9. The highest BCUT2D eigenvalue weighted by atomic mass is 32.1. The average Bonchev–Trinajstić information content (AvgIpc) is 2.95. The van der Waals surface area contributed by atoms with Crippen LogP contribution in [0.4, 0.5) is 0 Å². The number of hydrogen-bond acceptors (Lipinski definition) is 5. The van der Waals surface area contributed by atoms with Crippen LogP contribution in [0.1, 0.15) is 20.3 Å². The predicted molar refractivity (Wildman–Crippen MR) is 91.8 cm³/mol. The summed E-state index contributed by atoms with van der Waals surface area (Å²) in [5.41, 5.74) is 0.979. The summed E-state index contributed by atoms with van der Waals surface area (Å²) >= 11 is 1.47. The van der Waals surface area contributed by atoms with Gasteiger partial charge in [-0.3, -0.25) is 4.79 Å². The lowest BCUT2D eigenvalue weighted by Crippen LogP contribution is -2.20. The number of aryl methyl sites for hydroxylation is 1. The van der Waals surface area contributed by atoms with Gasteiger partial charge >= 0.3 is 5.91 Å². The number of fused-ring (bicyclic) bond motifs is 1. The van der Waals surface area contributed by atoms with Gasteiger partial charge in [-0.05, 0) is 25.5 Å². The number of amides is 1. The zero-order chi connectivity index (χ0) is 16.9. The number of carbonyl (C=O) groups excluding carboxylic acids is 1. The Morgan fingerprint density at radius 1 is 1.38 bits per heavy atom. The van der Waals surface area contributed by atoms with Gasteiger partial charge in [0.25, 0.3) is 0 Å². The van der Waals surface area contributed by atoms with E-state index in [0.717, 1.165) is 28.9 Å². The largest absolute Gasteiger partial charge is 0.494 e. The van der Waals surface area contributed by atoms with E-state index in [1.165, 1.54) is 17.6 Å². The van der Waals surface area contributed by atoms with Crippen molar-refractivity contribution in [1.29, 1.82) is 0 Å². The van der Waals surface area contributed by atoms with Crippen molar-refractivity contribution in [2.45, 2.75) is 26.8 Å². The summed E-state index contributed by atoms with van der Waals surface area (Å²) in [6, 6.07) is 5.90. The molecule has 128 valence electrons. The van der Waals surface area contributed by atoms with Crippen molar-refractivity contribution < 1.29 is 19.0 Å². The predicted octanol–water partition coefficient (Wildman–Crippen LogP) is 2.83. The highest BCUT2D eigenvalue weighted by Gasteiger charge is 2.16. The topological polar surface area (TPSA) is 62.1 Å². The number of nitrogens with zero attached hydrogens (tertiary/aromatic N) is 2. The molecule has 1 aliphatic heterocycles. The molecule has 0 aliphatic carbocycles. The Bertz CT molecular complexity index is 835. The summed E-state index contributed by atoms with van der Waals surface area (Å²) in [4.78, 5) is 17.2. The summed E-state index contributed by atoms with van der Waals surface area (Å²) in [6.07, 6.45) is 2.26. The molecule has 0 bridgehead atoms. The Labute approximate surface area is 144 Å². The van der Waals surface area contributed by atoms with E-state index in [2.05, 4.69) is 11.9 Å². The third-order valence-corrected chi connectivity index (χ3v) is 4.51. The first kappa shape index (κ1) is 16.6. The van der Waals surface area contributed by atoms with Crippen LogP contribution in [0.25, 0.3) is 10.2 Å². The van der Waals surface area contributed by atoms with Gasteiger partial charge in [-0.15, -0.1) is 0 Å². The number of aromatic nitrogens is 1. The fraction of sp³-hybridized carbons (Fsp3) is 0.412. The van der Waals surface area contributed by atoms with Crippen LogP contribution in [0.15, 0.2) is 35.2 Å². The maximum atomic E-state index is 12.3. The molecule has 1 aromatic heterocycles. The van der Waals surface area contributed by atoms with E-state index in [1.54, 1.807) is 0 Å². The van der Waals surface area contributed by atoms with Crippen LogP contribution in [0, 0.1) is 0 Å². The summed E-state index contributed by atoms with van der Waals surface area (Å²) in [5, 5.41) is 0. The minimum atomic E-state index is -0.427. The standard InChI is InChI=1S/C17H20N2O4S/c1-3-8-19-15-12(22-4-2)6-5-7-14(15)24-17(19)18-16(20)13-11-21-9-10-23-13/h5-7,11H,3-4,8-10H2,1-2H3. The van der Waals surface area contributed by atoms with Crippen LogP contribution in [0.3, 0.4) is 0 Å². The molecule has 1 amide bonds. The lowest BCUT2D eigenvalue weighted by Gasteiger charge is -2.12. The number of thiazole rings is 1. The summed E-state index contributed by atoms with van der Waals surface area (Å²) < 4.78 is 19.3. The molecule has 1 aromatic carbocycles. The molecule has 2 heterocycles. The van der Waals surface area contributed by atoms with Gasteiger partial charge in [-0.2, -0.15) is 4.99 Å². The van der Waals surface area contributed by atoms with Crippen LogP contribution >= 0.6 is 11.3 Å². The van der Waals surface area contributed by atoms with E-state index >= 15 is 0 Å². The van der Waals surface area contributed by atoms with Gasteiger partial charge in [-0.1, -0.05) is 24.3 Å². The Morgan fingerprint density at radius 2 is 2.25 bits per heavy atom. The number of benzene rings is 1. The van der Waals surface area contributed by atoms with Gasteiger partial charge in [0.15, 0.2) is 4.80 Å². The summed E-state index contributed by atoms with van der Waals surface area (Å²) in [6.45, 7) is 6.20. The first-order chi connectivity index (χ1) is 11.7. The molecule has 0 radical (unpaired) electrons. The molecule has 0 unspecified atom stereocenters. The van der Waals surface area contributed by atoms with Gasteiger partial charge in [-0.25, -0.2) is 0 Å². The molecule has 0 spiro atoms. The Hall–Kier alpha value is -2.28. The maximum absolute atomic E-state index is 12.3. The van der Waals surface area contributed by atoms with E-state index in [4.69, 9.17) is 14.2 Å². The van der Waals surface area contributed by atoms with Crippen LogP contribution < -0.4 is 9.54 Å². The number of rotatable bonds is 5. The Kier molecular flexibility index (Phi) is 5.20. The molecule has 0 N–H and O–H groups in total. The van der Waals surface area contributed by atoms with Crippen molar-refractivity contribution in [3.05, 3.63) is 35.0 Å². The average molecular weight is 348 g/mol. The van der Waals surface area contributed by atoms with E-state index in [1.807, 2.05) is 29.7 Å². The van der Waals surface area contributed by atoms with Crippen molar-refractivity contribution in [2.75, 3.05) is 19.8 Å². The van der Waals surface area contributed by atoms with E-state index in [-0.39, 0.29) is 5.76 Å². The quantitative estimate of drug-likeness (QED) is 0.834. The second-order valence-corrected chi connectivity index (χ2v) is 6.20. The number of para-hydroxylation sites is 1. The van der Waals surface area contributed by atoms with Crippen molar-refractivity contribution in [2.24, 2.45) is 4.99 Å². The van der Waals surface area contributed by atoms with E-state index in [9.17, 15) is 4.79 Å². The van der Waals surface area contributed by atoms with Crippen molar-refractivity contribution in [3.8, 4) is 5.75 Å². The highest BCUT2D eigenvalue weighted by molar-refractivity contribution is 7.16. The smallest absolute Gasteiger partial charge is 0.317 e.